The Labute approximate surface area is 184 Å². The van der Waals surface area contributed by atoms with E-state index >= 15 is 0 Å². The van der Waals surface area contributed by atoms with Gasteiger partial charge in [0.25, 0.3) is 0 Å². The molecule has 4 rings (SSSR count). The van der Waals surface area contributed by atoms with Crippen LogP contribution in [0.5, 0.6) is 11.6 Å². The van der Waals surface area contributed by atoms with Crippen LogP contribution < -0.4 is 15.8 Å². The maximum atomic E-state index is 11.2. The number of pyridine rings is 1. The van der Waals surface area contributed by atoms with E-state index in [0.29, 0.717) is 17.5 Å². The Kier molecular flexibility index (Phi) is 6.52. The third-order valence-electron chi connectivity index (χ3n) is 6.50. The highest BCUT2D eigenvalue weighted by Crippen LogP contribution is 2.32. The smallest absolute Gasteiger partial charge is 0.250 e. The van der Waals surface area contributed by atoms with E-state index in [-0.39, 0.29) is 0 Å². The average molecular weight is 418 g/mol. The summed E-state index contributed by atoms with van der Waals surface area (Å²) >= 11 is 0. The van der Waals surface area contributed by atoms with Crippen LogP contribution in [-0.2, 0) is 6.54 Å². The number of amides is 1. The summed E-state index contributed by atoms with van der Waals surface area (Å²) in [5.74, 6) is 2.35. The second kappa shape index (κ2) is 9.48. The fourth-order valence-corrected chi connectivity index (χ4v) is 4.53. The molecule has 1 heterocycles. The molecule has 0 spiro atoms. The van der Waals surface area contributed by atoms with Gasteiger partial charge in [-0.05, 0) is 60.6 Å². The lowest BCUT2D eigenvalue weighted by Gasteiger charge is -2.31. The number of carbonyl (C=O) groups excluding carboxylic acids is 1. The van der Waals surface area contributed by atoms with Crippen molar-refractivity contribution in [3.8, 4) is 11.6 Å². The van der Waals surface area contributed by atoms with Crippen LogP contribution in [0.25, 0.3) is 10.8 Å². The Morgan fingerprint density at radius 2 is 1.81 bits per heavy atom. The number of primary amides is 1. The number of nitrogens with two attached hydrogens (primary N) is 1. The SMILES string of the molecule is CC(C)C1CCC(NCc2cccc3c(Oc4ccc(C(N)=O)cn4)cccc23)CC1. The highest BCUT2D eigenvalue weighted by Gasteiger charge is 2.23. The second-order valence-corrected chi connectivity index (χ2v) is 8.86. The van der Waals surface area contributed by atoms with Crippen molar-refractivity contribution in [3.05, 3.63) is 65.9 Å². The monoisotopic (exact) mass is 417 g/mol. The minimum atomic E-state index is -0.501. The van der Waals surface area contributed by atoms with Gasteiger partial charge in [-0.25, -0.2) is 4.98 Å². The van der Waals surface area contributed by atoms with E-state index in [2.05, 4.69) is 48.4 Å². The summed E-state index contributed by atoms with van der Waals surface area (Å²) in [6.07, 6.45) is 6.60. The summed E-state index contributed by atoms with van der Waals surface area (Å²) in [5, 5.41) is 6.00. The van der Waals surface area contributed by atoms with Gasteiger partial charge in [0, 0.05) is 30.2 Å². The number of carbonyl (C=O) groups is 1. The number of rotatable bonds is 7. The van der Waals surface area contributed by atoms with Crippen LogP contribution >= 0.6 is 0 Å². The zero-order chi connectivity index (χ0) is 21.8. The predicted molar refractivity (Wildman–Crippen MR) is 124 cm³/mol. The van der Waals surface area contributed by atoms with Crippen LogP contribution in [0.15, 0.2) is 54.7 Å². The van der Waals surface area contributed by atoms with Gasteiger partial charge in [-0.3, -0.25) is 4.79 Å². The Morgan fingerprint density at radius 3 is 2.48 bits per heavy atom. The molecule has 1 aliphatic rings. The maximum Gasteiger partial charge on any atom is 0.250 e. The van der Waals surface area contributed by atoms with Crippen LogP contribution in [0, 0.1) is 11.8 Å². The fourth-order valence-electron chi connectivity index (χ4n) is 4.53. The first-order chi connectivity index (χ1) is 15.0. The number of benzene rings is 2. The van der Waals surface area contributed by atoms with Gasteiger partial charge in [-0.1, -0.05) is 44.2 Å². The number of aromatic nitrogens is 1. The van der Waals surface area contributed by atoms with Crippen molar-refractivity contribution in [1.82, 2.24) is 10.3 Å². The van der Waals surface area contributed by atoms with Gasteiger partial charge >= 0.3 is 0 Å². The molecule has 162 valence electrons. The summed E-state index contributed by atoms with van der Waals surface area (Å²) in [6, 6.07) is 16.3. The van der Waals surface area contributed by atoms with Crippen molar-refractivity contribution in [1.29, 1.82) is 0 Å². The minimum Gasteiger partial charge on any atom is -0.438 e. The van der Waals surface area contributed by atoms with Crippen molar-refractivity contribution >= 4 is 16.7 Å². The van der Waals surface area contributed by atoms with Crippen LogP contribution in [0.3, 0.4) is 0 Å². The van der Waals surface area contributed by atoms with Crippen LogP contribution in [-0.4, -0.2) is 16.9 Å². The molecule has 0 bridgehead atoms. The molecule has 0 radical (unpaired) electrons. The molecule has 0 aliphatic heterocycles. The third kappa shape index (κ3) is 5.05. The van der Waals surface area contributed by atoms with Gasteiger partial charge in [0.15, 0.2) is 0 Å². The van der Waals surface area contributed by atoms with Gasteiger partial charge < -0.3 is 15.8 Å². The molecule has 1 saturated carbocycles. The average Bonchev–Trinajstić information content (AvgIpc) is 2.78. The molecule has 0 saturated heterocycles. The summed E-state index contributed by atoms with van der Waals surface area (Å²) in [5.41, 5.74) is 6.92. The van der Waals surface area contributed by atoms with Crippen molar-refractivity contribution in [2.45, 2.75) is 52.1 Å². The van der Waals surface area contributed by atoms with E-state index in [1.807, 2.05) is 12.1 Å². The summed E-state index contributed by atoms with van der Waals surface area (Å²) in [7, 11) is 0. The lowest BCUT2D eigenvalue weighted by Crippen LogP contribution is -2.33. The van der Waals surface area contributed by atoms with E-state index in [0.717, 1.165) is 29.5 Å². The molecule has 1 aliphatic carbocycles. The number of nitrogens with one attached hydrogen (secondary N) is 1. The lowest BCUT2D eigenvalue weighted by atomic mass is 9.79. The molecular formula is C26H31N3O2. The molecule has 3 N–H and O–H groups in total. The topological polar surface area (TPSA) is 77.2 Å². The molecular weight excluding hydrogens is 386 g/mol. The number of fused-ring (bicyclic) bond motifs is 1. The Bertz CT molecular complexity index is 1040. The summed E-state index contributed by atoms with van der Waals surface area (Å²) in [6.45, 7) is 5.54. The third-order valence-corrected chi connectivity index (χ3v) is 6.50. The normalized spacial score (nSPS) is 18.9. The molecule has 2 aromatic carbocycles. The Morgan fingerprint density at radius 1 is 1.06 bits per heavy atom. The van der Waals surface area contributed by atoms with Crippen LogP contribution in [0.1, 0.15) is 55.5 Å². The van der Waals surface area contributed by atoms with Gasteiger partial charge in [-0.2, -0.15) is 0 Å². The standard InChI is InChI=1S/C26H31N3O2/c1-17(2)18-9-12-21(13-10-18)28-15-19-5-3-7-23-22(19)6-4-8-24(23)31-25-14-11-20(16-29-25)26(27)30/h3-8,11,14,16-18,21,28H,9-10,12-13,15H2,1-2H3,(H2,27,30). The van der Waals surface area contributed by atoms with Crippen LogP contribution in [0.2, 0.25) is 0 Å². The van der Waals surface area contributed by atoms with E-state index in [1.165, 1.54) is 42.8 Å². The molecule has 31 heavy (non-hydrogen) atoms. The molecule has 1 amide bonds. The summed E-state index contributed by atoms with van der Waals surface area (Å²) in [4.78, 5) is 15.4. The van der Waals surface area contributed by atoms with E-state index in [4.69, 9.17) is 10.5 Å². The molecule has 0 atom stereocenters. The number of ether oxygens (including phenoxy) is 1. The minimum absolute atomic E-state index is 0.362. The quantitative estimate of drug-likeness (QED) is 0.537. The van der Waals surface area contributed by atoms with Gasteiger partial charge in [-0.15, -0.1) is 0 Å². The first kappa shape index (κ1) is 21.3. The molecule has 1 aromatic heterocycles. The van der Waals surface area contributed by atoms with Crippen molar-refractivity contribution < 1.29 is 9.53 Å². The van der Waals surface area contributed by atoms with Gasteiger partial charge in [0.1, 0.15) is 5.75 Å². The number of hydrogen-bond acceptors (Lipinski definition) is 4. The molecule has 0 unspecified atom stereocenters. The lowest BCUT2D eigenvalue weighted by molar-refractivity contribution is 0.1000. The fraction of sp³-hybridized carbons (Fsp3) is 0.385. The first-order valence-electron chi connectivity index (χ1n) is 11.2. The first-order valence-corrected chi connectivity index (χ1v) is 11.2. The highest BCUT2D eigenvalue weighted by atomic mass is 16.5. The van der Waals surface area contributed by atoms with Crippen LogP contribution in [0.4, 0.5) is 0 Å². The molecule has 1 fully saturated rings. The van der Waals surface area contributed by atoms with Crippen molar-refractivity contribution in [2.75, 3.05) is 0 Å². The number of hydrogen-bond donors (Lipinski definition) is 2. The zero-order valence-corrected chi connectivity index (χ0v) is 18.3. The zero-order valence-electron chi connectivity index (χ0n) is 18.3. The van der Waals surface area contributed by atoms with Crippen molar-refractivity contribution in [2.24, 2.45) is 17.6 Å². The van der Waals surface area contributed by atoms with E-state index < -0.39 is 5.91 Å². The number of nitrogens with zero attached hydrogens (tertiary/aromatic N) is 1. The van der Waals surface area contributed by atoms with Gasteiger partial charge in [0.05, 0.1) is 5.56 Å². The predicted octanol–water partition coefficient (Wildman–Crippen LogP) is 5.43. The van der Waals surface area contributed by atoms with E-state index in [1.54, 1.807) is 12.1 Å². The van der Waals surface area contributed by atoms with Gasteiger partial charge in [0.2, 0.25) is 11.8 Å². The van der Waals surface area contributed by atoms with Crippen molar-refractivity contribution in [3.63, 3.8) is 0 Å². The molecule has 3 aromatic rings. The van der Waals surface area contributed by atoms with E-state index in [9.17, 15) is 4.79 Å². The summed E-state index contributed by atoms with van der Waals surface area (Å²) < 4.78 is 6.03. The second-order valence-electron chi connectivity index (χ2n) is 8.86. The highest BCUT2D eigenvalue weighted by molar-refractivity contribution is 5.92. The largest absolute Gasteiger partial charge is 0.438 e. The Hall–Kier alpha value is -2.92. The molecule has 5 heteroatoms. The molecule has 5 nitrogen and oxygen atoms in total. The maximum absolute atomic E-state index is 11.2. The Balaban J connectivity index is 1.47.